The van der Waals surface area contributed by atoms with Crippen LogP contribution in [0.1, 0.15) is 23.7 Å². The number of nitrogens with one attached hydrogen (secondary N) is 1. The van der Waals surface area contributed by atoms with Gasteiger partial charge in [0.05, 0.1) is 5.02 Å². The Labute approximate surface area is 167 Å². The van der Waals surface area contributed by atoms with E-state index in [1.165, 1.54) is 12.1 Å². The topological polar surface area (TPSA) is 43.4 Å². The van der Waals surface area contributed by atoms with Crippen molar-refractivity contribution in [1.29, 1.82) is 0 Å². The largest absolute Gasteiger partial charge is 0.586 e. The van der Waals surface area contributed by atoms with Gasteiger partial charge in [0.15, 0.2) is 11.5 Å². The van der Waals surface area contributed by atoms with Crippen molar-refractivity contribution in [3.63, 3.8) is 0 Å². The number of fused-ring (bicyclic) bond motifs is 1. The van der Waals surface area contributed by atoms with Crippen molar-refractivity contribution in [2.75, 3.05) is 0 Å². The summed E-state index contributed by atoms with van der Waals surface area (Å²) < 4.78 is 35.4. The first-order valence-electron chi connectivity index (χ1n) is 8.56. The Balaban J connectivity index is 1.69. The van der Waals surface area contributed by atoms with Crippen molar-refractivity contribution in [3.05, 3.63) is 82.8 Å². The van der Waals surface area contributed by atoms with Gasteiger partial charge in [-0.15, -0.1) is 8.78 Å². The number of hydrogen-bond acceptors (Lipinski definition) is 4. The number of ether oxygens (including phenoxy) is 2. The first-order valence-corrected chi connectivity index (χ1v) is 8.93. The van der Waals surface area contributed by atoms with E-state index in [0.29, 0.717) is 17.8 Å². The van der Waals surface area contributed by atoms with Gasteiger partial charge in [-0.05, 0) is 43.2 Å². The number of aryl methyl sites for hydroxylation is 1. The highest BCUT2D eigenvalue weighted by atomic mass is 35.5. The number of aromatic nitrogens is 1. The van der Waals surface area contributed by atoms with E-state index in [-0.39, 0.29) is 16.5 Å². The average molecular weight is 405 g/mol. The number of rotatable bonds is 6. The van der Waals surface area contributed by atoms with Gasteiger partial charge >= 0.3 is 6.29 Å². The number of alkyl halides is 2. The average Bonchev–Trinajstić information content (AvgIpc) is 2.94. The summed E-state index contributed by atoms with van der Waals surface area (Å²) in [5.74, 6) is -0.142. The maximum atomic E-state index is 13.2. The number of nitrogens with zero attached hydrogens (tertiary/aromatic N) is 1. The van der Waals surface area contributed by atoms with Crippen molar-refractivity contribution in [2.24, 2.45) is 0 Å². The van der Waals surface area contributed by atoms with Crippen LogP contribution in [0.3, 0.4) is 0 Å². The lowest BCUT2D eigenvalue weighted by atomic mass is 10.0. The third kappa shape index (κ3) is 4.70. The molecule has 0 bridgehead atoms. The van der Waals surface area contributed by atoms with Crippen LogP contribution in [0.15, 0.2) is 61.0 Å². The molecule has 0 radical (unpaired) electrons. The molecule has 1 N–H and O–H groups in total. The van der Waals surface area contributed by atoms with E-state index in [1.54, 1.807) is 18.3 Å². The highest BCUT2D eigenvalue weighted by molar-refractivity contribution is 6.32. The van der Waals surface area contributed by atoms with E-state index in [1.807, 2.05) is 32.1 Å². The summed E-state index contributed by atoms with van der Waals surface area (Å²) in [5.41, 5.74) is 3.95. The van der Waals surface area contributed by atoms with Gasteiger partial charge in [0.25, 0.3) is 0 Å². The van der Waals surface area contributed by atoms with Gasteiger partial charge in [0.1, 0.15) is 0 Å². The molecule has 146 valence electrons. The number of benzene rings is 1. The minimum atomic E-state index is -3.68. The van der Waals surface area contributed by atoms with Crippen LogP contribution in [0.5, 0.6) is 11.5 Å². The van der Waals surface area contributed by atoms with Gasteiger partial charge in [0, 0.05) is 35.8 Å². The summed E-state index contributed by atoms with van der Waals surface area (Å²) in [6.45, 7) is 8.30. The first-order chi connectivity index (χ1) is 13.3. The standard InChI is InChI=1S/C21H19ClF2N2O2/c1-4-16(8-6-14(3)26-12-15-7-5-13(2)25-11-15)17-9-19-20(10-18(17)22)28-21(23,24)27-19/h4-11,26H,3,12H2,1-2H3/b8-6-,16-4+. The summed E-state index contributed by atoms with van der Waals surface area (Å²) in [7, 11) is 0. The van der Waals surface area contributed by atoms with Gasteiger partial charge < -0.3 is 14.8 Å². The molecule has 0 saturated heterocycles. The van der Waals surface area contributed by atoms with Gasteiger partial charge in [-0.2, -0.15) is 0 Å². The zero-order valence-electron chi connectivity index (χ0n) is 15.4. The lowest BCUT2D eigenvalue weighted by Crippen LogP contribution is -2.25. The predicted molar refractivity (Wildman–Crippen MR) is 105 cm³/mol. The number of allylic oxidation sites excluding steroid dienone is 4. The Morgan fingerprint density at radius 2 is 1.96 bits per heavy atom. The van der Waals surface area contributed by atoms with Crippen LogP contribution in [0.4, 0.5) is 8.78 Å². The SMILES string of the molecule is C=C(/C=C\C(=C/C)c1cc2c(cc1Cl)OC(F)(F)O2)NCc1ccc(C)nc1. The normalized spacial score (nSPS) is 15.1. The quantitative estimate of drug-likeness (QED) is 0.634. The summed E-state index contributed by atoms with van der Waals surface area (Å²) in [6.07, 6.45) is 3.52. The van der Waals surface area contributed by atoms with Crippen LogP contribution in [-0.2, 0) is 6.54 Å². The molecule has 1 aromatic heterocycles. The molecule has 28 heavy (non-hydrogen) atoms. The van der Waals surface area contributed by atoms with E-state index in [4.69, 9.17) is 11.6 Å². The minimum absolute atomic E-state index is 0.0547. The molecule has 2 heterocycles. The second-order valence-electron chi connectivity index (χ2n) is 6.21. The molecule has 1 aromatic carbocycles. The Hall–Kier alpha value is -2.86. The highest BCUT2D eigenvalue weighted by Crippen LogP contribution is 2.45. The van der Waals surface area contributed by atoms with Gasteiger partial charge in [-0.1, -0.05) is 36.4 Å². The van der Waals surface area contributed by atoms with E-state index in [0.717, 1.165) is 16.8 Å². The van der Waals surface area contributed by atoms with Crippen LogP contribution in [0.25, 0.3) is 5.57 Å². The molecule has 0 fully saturated rings. The van der Waals surface area contributed by atoms with Crippen molar-refractivity contribution in [2.45, 2.75) is 26.7 Å². The van der Waals surface area contributed by atoms with Crippen LogP contribution in [0, 0.1) is 6.92 Å². The second kappa shape index (κ2) is 8.02. The minimum Gasteiger partial charge on any atom is -0.395 e. The second-order valence-corrected chi connectivity index (χ2v) is 6.62. The molecular formula is C21H19ClF2N2O2. The smallest absolute Gasteiger partial charge is 0.395 e. The Kier molecular flexibility index (Phi) is 5.70. The third-order valence-corrected chi connectivity index (χ3v) is 4.38. The summed E-state index contributed by atoms with van der Waals surface area (Å²) in [5, 5.41) is 3.47. The fourth-order valence-corrected chi connectivity index (χ4v) is 2.86. The monoisotopic (exact) mass is 404 g/mol. The fraction of sp³-hybridized carbons (Fsp3) is 0.190. The molecule has 4 nitrogen and oxygen atoms in total. The van der Waals surface area contributed by atoms with Crippen molar-refractivity contribution in [1.82, 2.24) is 10.3 Å². The molecule has 1 aliphatic heterocycles. The summed E-state index contributed by atoms with van der Waals surface area (Å²) in [4.78, 5) is 4.25. The Morgan fingerprint density at radius 3 is 2.61 bits per heavy atom. The van der Waals surface area contributed by atoms with E-state index < -0.39 is 6.29 Å². The van der Waals surface area contributed by atoms with Crippen molar-refractivity contribution in [3.8, 4) is 11.5 Å². The molecule has 0 saturated carbocycles. The zero-order valence-corrected chi connectivity index (χ0v) is 16.2. The first kappa shape index (κ1) is 19.9. The van der Waals surface area contributed by atoms with E-state index >= 15 is 0 Å². The highest BCUT2D eigenvalue weighted by Gasteiger charge is 2.43. The number of pyridine rings is 1. The van der Waals surface area contributed by atoms with E-state index in [2.05, 4.69) is 26.4 Å². The lowest BCUT2D eigenvalue weighted by molar-refractivity contribution is -0.286. The van der Waals surface area contributed by atoms with Gasteiger partial charge in [-0.25, -0.2) is 0 Å². The maximum absolute atomic E-state index is 13.2. The summed E-state index contributed by atoms with van der Waals surface area (Å²) in [6, 6.07) is 6.69. The van der Waals surface area contributed by atoms with E-state index in [9.17, 15) is 8.78 Å². The molecule has 0 unspecified atom stereocenters. The van der Waals surface area contributed by atoms with Crippen LogP contribution >= 0.6 is 11.6 Å². The van der Waals surface area contributed by atoms with Crippen molar-refractivity contribution >= 4 is 17.2 Å². The molecule has 3 rings (SSSR count). The fourth-order valence-electron chi connectivity index (χ4n) is 2.60. The molecule has 1 aliphatic rings. The van der Waals surface area contributed by atoms with Crippen LogP contribution in [-0.4, -0.2) is 11.3 Å². The molecular weight excluding hydrogens is 386 g/mol. The molecule has 0 amide bonds. The lowest BCUT2D eigenvalue weighted by Gasteiger charge is -2.09. The third-order valence-electron chi connectivity index (χ3n) is 4.07. The Morgan fingerprint density at radius 1 is 1.25 bits per heavy atom. The maximum Gasteiger partial charge on any atom is 0.586 e. The van der Waals surface area contributed by atoms with Gasteiger partial charge in [-0.3, -0.25) is 4.98 Å². The van der Waals surface area contributed by atoms with Crippen LogP contribution in [0.2, 0.25) is 5.02 Å². The molecule has 0 atom stereocenters. The molecule has 2 aromatic rings. The number of halogens is 3. The van der Waals surface area contributed by atoms with Crippen molar-refractivity contribution < 1.29 is 18.3 Å². The number of hydrogen-bond donors (Lipinski definition) is 1. The Bertz CT molecular complexity index is 954. The predicted octanol–water partition coefficient (Wildman–Crippen LogP) is 5.63. The zero-order chi connectivity index (χ0) is 20.3. The molecule has 7 heteroatoms. The molecule has 0 aliphatic carbocycles. The summed E-state index contributed by atoms with van der Waals surface area (Å²) >= 11 is 6.24. The van der Waals surface area contributed by atoms with Crippen LogP contribution < -0.4 is 14.8 Å². The van der Waals surface area contributed by atoms with Gasteiger partial charge in [0.2, 0.25) is 0 Å². The molecule has 0 spiro atoms.